The highest BCUT2D eigenvalue weighted by Crippen LogP contribution is 2.42. The van der Waals surface area contributed by atoms with Crippen LogP contribution in [0.15, 0.2) is 30.3 Å². The van der Waals surface area contributed by atoms with Gasteiger partial charge in [0.15, 0.2) is 0 Å². The van der Waals surface area contributed by atoms with Crippen LogP contribution in [0.3, 0.4) is 0 Å². The molecule has 2 rings (SSSR count). The maximum atomic E-state index is 11.6. The van der Waals surface area contributed by atoms with Crippen molar-refractivity contribution in [1.82, 2.24) is 4.90 Å². The fraction of sp³-hybridized carbons (Fsp3) is 0.500. The molecule has 1 aliphatic heterocycles. The van der Waals surface area contributed by atoms with E-state index in [2.05, 4.69) is 0 Å². The van der Waals surface area contributed by atoms with Crippen LogP contribution in [0.2, 0.25) is 0 Å². The van der Waals surface area contributed by atoms with Crippen LogP contribution in [-0.4, -0.2) is 47.1 Å². The number of aliphatic hydroxyl groups is 1. The van der Waals surface area contributed by atoms with Crippen molar-refractivity contribution in [3.63, 3.8) is 0 Å². The molecule has 1 saturated heterocycles. The second-order valence-corrected chi connectivity index (χ2v) is 4.93. The normalized spacial score (nSPS) is 26.6. The number of carbonyl (C=O) groups is 1. The molecule has 1 aromatic carbocycles. The van der Waals surface area contributed by atoms with Crippen molar-refractivity contribution in [2.75, 3.05) is 20.3 Å². The van der Waals surface area contributed by atoms with Gasteiger partial charge in [0.05, 0.1) is 24.8 Å². The third-order valence-electron chi connectivity index (χ3n) is 3.80. The lowest BCUT2D eigenvalue weighted by atomic mass is 9.99. The summed E-state index contributed by atoms with van der Waals surface area (Å²) in [5, 5.41) is 19.1. The number of hydrogen-bond donors (Lipinski definition) is 2. The minimum absolute atomic E-state index is 0.207. The summed E-state index contributed by atoms with van der Waals surface area (Å²) in [4.78, 5) is 12.9. The molecule has 0 unspecified atom stereocenters. The molecule has 5 heteroatoms. The number of rotatable bonds is 4. The van der Waals surface area contributed by atoms with E-state index in [0.717, 1.165) is 5.56 Å². The van der Waals surface area contributed by atoms with Crippen LogP contribution >= 0.6 is 0 Å². The molecule has 1 amide bonds. The fourth-order valence-corrected chi connectivity index (χ4v) is 2.92. The fourth-order valence-electron chi connectivity index (χ4n) is 2.92. The Morgan fingerprint density at radius 3 is 2.68 bits per heavy atom. The number of benzene rings is 1. The minimum Gasteiger partial charge on any atom is -0.465 e. The lowest BCUT2D eigenvalue weighted by Gasteiger charge is -2.37. The van der Waals surface area contributed by atoms with Gasteiger partial charge in [-0.25, -0.2) is 4.79 Å². The largest absolute Gasteiger partial charge is 0.465 e. The number of nitrogens with zero attached hydrogens (tertiary/aromatic N) is 1. The Morgan fingerprint density at radius 1 is 1.47 bits per heavy atom. The number of ether oxygens (including phenoxy) is 1. The number of methoxy groups -OCH3 is 1. The topological polar surface area (TPSA) is 70.0 Å². The molecule has 1 fully saturated rings. The Hall–Kier alpha value is -1.59. The Labute approximate surface area is 112 Å². The summed E-state index contributed by atoms with van der Waals surface area (Å²) in [5.74, 6) is 0. The third-order valence-corrected chi connectivity index (χ3v) is 3.80. The van der Waals surface area contributed by atoms with Gasteiger partial charge >= 0.3 is 6.09 Å². The maximum Gasteiger partial charge on any atom is 0.408 e. The first-order valence-corrected chi connectivity index (χ1v) is 6.31. The molecule has 0 bridgehead atoms. The van der Waals surface area contributed by atoms with Crippen LogP contribution in [0.1, 0.15) is 24.4 Å². The van der Waals surface area contributed by atoms with Crippen molar-refractivity contribution in [2.45, 2.75) is 24.4 Å². The molecule has 2 atom stereocenters. The van der Waals surface area contributed by atoms with Crippen LogP contribution in [0.5, 0.6) is 0 Å². The van der Waals surface area contributed by atoms with Crippen molar-refractivity contribution >= 4 is 6.09 Å². The van der Waals surface area contributed by atoms with Crippen molar-refractivity contribution in [2.24, 2.45) is 0 Å². The van der Waals surface area contributed by atoms with Crippen molar-refractivity contribution < 1.29 is 19.7 Å². The highest BCUT2D eigenvalue weighted by atomic mass is 16.5. The summed E-state index contributed by atoms with van der Waals surface area (Å²) in [6.45, 7) is -0.0182. The average molecular weight is 265 g/mol. The standard InChI is InChI=1S/C14H19NO4/c1-19-10-14(9-16)8-7-12(15(14)13(17)18)11-5-3-2-4-6-11/h2-6,12,16H,7-10H2,1H3,(H,17,18)/t12-,14+/m0/s1. The van der Waals surface area contributed by atoms with E-state index in [-0.39, 0.29) is 19.3 Å². The highest BCUT2D eigenvalue weighted by molar-refractivity contribution is 5.68. The van der Waals surface area contributed by atoms with E-state index < -0.39 is 11.6 Å². The minimum atomic E-state index is -1.02. The highest BCUT2D eigenvalue weighted by Gasteiger charge is 2.49. The molecule has 0 radical (unpaired) electrons. The monoisotopic (exact) mass is 265 g/mol. The summed E-state index contributed by atoms with van der Waals surface area (Å²) < 4.78 is 5.12. The molecule has 1 heterocycles. The number of amides is 1. The molecule has 0 spiro atoms. The van der Waals surface area contributed by atoms with E-state index in [1.165, 1.54) is 12.0 Å². The first-order valence-electron chi connectivity index (χ1n) is 6.31. The number of carboxylic acid groups (broad SMARTS) is 1. The molecule has 104 valence electrons. The van der Waals surface area contributed by atoms with E-state index in [1.807, 2.05) is 30.3 Å². The first kappa shape index (κ1) is 13.8. The summed E-state index contributed by atoms with van der Waals surface area (Å²) in [6.07, 6.45) is 0.279. The molecular formula is C14H19NO4. The average Bonchev–Trinajstić information content (AvgIpc) is 2.80. The zero-order valence-corrected chi connectivity index (χ0v) is 11.0. The molecule has 19 heavy (non-hydrogen) atoms. The Balaban J connectivity index is 2.35. The van der Waals surface area contributed by atoms with Gasteiger partial charge in [0.1, 0.15) is 0 Å². The molecule has 0 saturated carbocycles. The number of hydrogen-bond acceptors (Lipinski definition) is 3. The van der Waals surface area contributed by atoms with E-state index in [0.29, 0.717) is 12.8 Å². The van der Waals surface area contributed by atoms with Crippen LogP contribution in [0, 0.1) is 0 Å². The third kappa shape index (κ3) is 2.43. The summed E-state index contributed by atoms with van der Waals surface area (Å²) >= 11 is 0. The molecule has 1 aromatic rings. The second kappa shape index (κ2) is 5.59. The van der Waals surface area contributed by atoms with Crippen molar-refractivity contribution in [3.8, 4) is 0 Å². The zero-order chi connectivity index (χ0) is 13.9. The van der Waals surface area contributed by atoms with E-state index in [9.17, 15) is 15.0 Å². The first-order chi connectivity index (χ1) is 9.14. The van der Waals surface area contributed by atoms with Crippen LogP contribution < -0.4 is 0 Å². The molecule has 5 nitrogen and oxygen atoms in total. The maximum absolute atomic E-state index is 11.6. The van der Waals surface area contributed by atoms with Gasteiger partial charge in [-0.15, -0.1) is 0 Å². The van der Waals surface area contributed by atoms with E-state index in [1.54, 1.807) is 0 Å². The van der Waals surface area contributed by atoms with Gasteiger partial charge in [0.25, 0.3) is 0 Å². The number of aliphatic hydroxyl groups excluding tert-OH is 1. The predicted octanol–water partition coefficient (Wildman–Crippen LogP) is 1.88. The van der Waals surface area contributed by atoms with E-state index >= 15 is 0 Å². The Kier molecular flexibility index (Phi) is 4.07. The van der Waals surface area contributed by atoms with Gasteiger partial charge in [-0.1, -0.05) is 30.3 Å². The van der Waals surface area contributed by atoms with Crippen LogP contribution in [0.25, 0.3) is 0 Å². The second-order valence-electron chi connectivity index (χ2n) is 4.93. The van der Waals surface area contributed by atoms with Gasteiger partial charge in [0, 0.05) is 7.11 Å². The van der Waals surface area contributed by atoms with Crippen molar-refractivity contribution in [3.05, 3.63) is 35.9 Å². The molecular weight excluding hydrogens is 246 g/mol. The smallest absolute Gasteiger partial charge is 0.408 e. The lowest BCUT2D eigenvalue weighted by molar-refractivity contribution is -0.00795. The Morgan fingerprint density at radius 2 is 2.16 bits per heavy atom. The van der Waals surface area contributed by atoms with Gasteiger partial charge in [-0.05, 0) is 18.4 Å². The van der Waals surface area contributed by atoms with Crippen LogP contribution in [-0.2, 0) is 4.74 Å². The van der Waals surface area contributed by atoms with Gasteiger partial charge in [-0.2, -0.15) is 0 Å². The predicted molar refractivity (Wildman–Crippen MR) is 70.0 cm³/mol. The SMILES string of the molecule is COC[C@]1(CO)CC[C@@H](c2ccccc2)N1C(=O)O. The summed E-state index contributed by atoms with van der Waals surface area (Å²) in [7, 11) is 1.52. The Bertz CT molecular complexity index is 436. The molecule has 0 aliphatic carbocycles. The zero-order valence-electron chi connectivity index (χ0n) is 11.0. The summed E-state index contributed by atoms with van der Waals surface area (Å²) in [5.41, 5.74) is 0.123. The van der Waals surface area contributed by atoms with Gasteiger partial charge in [0.2, 0.25) is 0 Å². The van der Waals surface area contributed by atoms with E-state index in [4.69, 9.17) is 4.74 Å². The molecule has 2 N–H and O–H groups in total. The van der Waals surface area contributed by atoms with Gasteiger partial charge in [-0.3, -0.25) is 4.90 Å². The lowest BCUT2D eigenvalue weighted by Crippen LogP contribution is -2.53. The summed E-state index contributed by atoms with van der Waals surface area (Å²) in [6, 6.07) is 9.30. The molecule has 0 aromatic heterocycles. The molecule has 1 aliphatic rings. The van der Waals surface area contributed by atoms with Gasteiger partial charge < -0.3 is 14.9 Å². The van der Waals surface area contributed by atoms with Crippen molar-refractivity contribution in [1.29, 1.82) is 0 Å². The number of likely N-dealkylation sites (tertiary alicyclic amines) is 1. The quantitative estimate of drug-likeness (QED) is 0.872. The van der Waals surface area contributed by atoms with Crippen LogP contribution in [0.4, 0.5) is 4.79 Å².